The Balaban J connectivity index is 1.66. The van der Waals surface area contributed by atoms with Crippen LogP contribution in [0.5, 0.6) is 0 Å². The van der Waals surface area contributed by atoms with Crippen molar-refractivity contribution in [3.05, 3.63) is 33.8 Å². The Kier molecular flexibility index (Phi) is 3.89. The Hall–Kier alpha value is -0.830. The molecule has 0 heterocycles. The van der Waals surface area contributed by atoms with E-state index in [9.17, 15) is 4.79 Å². The molecule has 2 fully saturated rings. The van der Waals surface area contributed by atoms with E-state index >= 15 is 0 Å². The Labute approximate surface area is 129 Å². The van der Waals surface area contributed by atoms with Crippen molar-refractivity contribution in [2.24, 2.45) is 17.8 Å². The Bertz CT molecular complexity index is 528. The van der Waals surface area contributed by atoms with E-state index in [-0.39, 0.29) is 11.9 Å². The highest BCUT2D eigenvalue weighted by Crippen LogP contribution is 2.49. The largest absolute Gasteiger partial charge is 0.349 e. The van der Waals surface area contributed by atoms with Gasteiger partial charge in [-0.3, -0.25) is 4.79 Å². The zero-order valence-corrected chi connectivity index (χ0v) is 13.7. The van der Waals surface area contributed by atoms with Crippen molar-refractivity contribution >= 4 is 21.8 Å². The van der Waals surface area contributed by atoms with Gasteiger partial charge in [0.25, 0.3) is 5.91 Å². The van der Waals surface area contributed by atoms with Gasteiger partial charge in [0.1, 0.15) is 0 Å². The summed E-state index contributed by atoms with van der Waals surface area (Å²) in [6.45, 7) is 4.20. The Morgan fingerprint density at radius 1 is 1.35 bits per heavy atom. The van der Waals surface area contributed by atoms with Crippen LogP contribution in [-0.4, -0.2) is 11.9 Å². The minimum Gasteiger partial charge on any atom is -0.349 e. The van der Waals surface area contributed by atoms with E-state index in [0.717, 1.165) is 27.4 Å². The molecule has 2 aliphatic carbocycles. The van der Waals surface area contributed by atoms with Gasteiger partial charge in [-0.05, 0) is 84.5 Å². The summed E-state index contributed by atoms with van der Waals surface area (Å²) in [6, 6.07) is 6.17. The lowest BCUT2D eigenvalue weighted by Gasteiger charge is -2.28. The molecule has 0 aliphatic heterocycles. The maximum atomic E-state index is 12.4. The molecule has 108 valence electrons. The summed E-state index contributed by atoms with van der Waals surface area (Å²) in [4.78, 5) is 12.4. The summed E-state index contributed by atoms with van der Waals surface area (Å²) < 4.78 is 0.884. The monoisotopic (exact) mass is 335 g/mol. The molecule has 1 N–H and O–H groups in total. The number of halogens is 1. The standard InChI is InChI=1S/C17H22BrNO/c1-10-3-6-14(16(18)7-10)17(20)19-11(2)15-9-12-4-5-13(15)8-12/h3,6-7,11-13,15H,4-5,8-9H2,1-2H3,(H,19,20). The Morgan fingerprint density at radius 3 is 2.75 bits per heavy atom. The van der Waals surface area contributed by atoms with E-state index in [1.54, 1.807) is 0 Å². The summed E-state index contributed by atoms with van der Waals surface area (Å²) in [6.07, 6.45) is 5.47. The van der Waals surface area contributed by atoms with E-state index in [1.165, 1.54) is 25.7 Å². The number of carbonyl (C=O) groups is 1. The van der Waals surface area contributed by atoms with Crippen LogP contribution in [0.4, 0.5) is 0 Å². The van der Waals surface area contributed by atoms with Crippen molar-refractivity contribution in [3.8, 4) is 0 Å². The molecule has 4 atom stereocenters. The number of fused-ring (bicyclic) bond motifs is 2. The summed E-state index contributed by atoms with van der Waals surface area (Å²) >= 11 is 3.49. The van der Waals surface area contributed by atoms with Gasteiger partial charge in [-0.2, -0.15) is 0 Å². The number of hydrogen-bond acceptors (Lipinski definition) is 1. The lowest BCUT2D eigenvalue weighted by molar-refractivity contribution is 0.0914. The van der Waals surface area contributed by atoms with Crippen molar-refractivity contribution in [3.63, 3.8) is 0 Å². The minimum atomic E-state index is 0.0483. The smallest absolute Gasteiger partial charge is 0.252 e. The van der Waals surface area contributed by atoms with Crippen LogP contribution in [0.1, 0.15) is 48.5 Å². The van der Waals surface area contributed by atoms with Crippen LogP contribution in [-0.2, 0) is 0 Å². The lowest BCUT2D eigenvalue weighted by Crippen LogP contribution is -2.40. The van der Waals surface area contributed by atoms with E-state index in [2.05, 4.69) is 28.2 Å². The van der Waals surface area contributed by atoms with Gasteiger partial charge in [0.2, 0.25) is 0 Å². The van der Waals surface area contributed by atoms with Crippen LogP contribution < -0.4 is 5.32 Å². The predicted octanol–water partition coefficient (Wildman–Crippen LogP) is 4.31. The first-order valence-corrected chi connectivity index (χ1v) is 8.41. The zero-order valence-electron chi connectivity index (χ0n) is 12.2. The fourth-order valence-electron chi connectivity index (χ4n) is 4.10. The normalized spacial score (nSPS) is 29.4. The topological polar surface area (TPSA) is 29.1 Å². The van der Waals surface area contributed by atoms with Gasteiger partial charge < -0.3 is 5.32 Å². The van der Waals surface area contributed by atoms with E-state index < -0.39 is 0 Å². The van der Waals surface area contributed by atoms with E-state index in [4.69, 9.17) is 0 Å². The molecular weight excluding hydrogens is 314 g/mol. The summed E-state index contributed by atoms with van der Waals surface area (Å²) in [7, 11) is 0. The van der Waals surface area contributed by atoms with Gasteiger partial charge in [0, 0.05) is 10.5 Å². The molecule has 1 amide bonds. The molecule has 3 heteroatoms. The quantitative estimate of drug-likeness (QED) is 0.875. The molecule has 4 unspecified atom stereocenters. The van der Waals surface area contributed by atoms with Crippen LogP contribution in [0.3, 0.4) is 0 Å². The molecule has 2 saturated carbocycles. The number of rotatable bonds is 3. The first-order chi connectivity index (χ1) is 9.54. The third-order valence-electron chi connectivity index (χ3n) is 5.16. The number of carbonyl (C=O) groups excluding carboxylic acids is 1. The fourth-order valence-corrected chi connectivity index (χ4v) is 4.78. The maximum Gasteiger partial charge on any atom is 0.252 e. The molecule has 1 aromatic carbocycles. The molecule has 2 bridgehead atoms. The molecule has 20 heavy (non-hydrogen) atoms. The molecule has 2 aliphatic rings. The van der Waals surface area contributed by atoms with Crippen molar-refractivity contribution < 1.29 is 4.79 Å². The second kappa shape index (κ2) is 5.51. The lowest BCUT2D eigenvalue weighted by atomic mass is 9.84. The second-order valence-corrected chi connectivity index (χ2v) is 7.44. The molecule has 2 nitrogen and oxygen atoms in total. The molecule has 3 rings (SSSR count). The third kappa shape index (κ3) is 2.65. The molecule has 1 aromatic rings. The third-order valence-corrected chi connectivity index (χ3v) is 5.82. The van der Waals surface area contributed by atoms with Gasteiger partial charge in [0.15, 0.2) is 0 Å². The number of hydrogen-bond donors (Lipinski definition) is 1. The molecule has 0 aromatic heterocycles. The van der Waals surface area contributed by atoms with E-state index in [1.807, 2.05) is 25.1 Å². The van der Waals surface area contributed by atoms with Crippen LogP contribution >= 0.6 is 15.9 Å². The average molecular weight is 336 g/mol. The van der Waals surface area contributed by atoms with Crippen molar-refractivity contribution in [1.29, 1.82) is 0 Å². The second-order valence-electron chi connectivity index (χ2n) is 6.58. The van der Waals surface area contributed by atoms with Crippen molar-refractivity contribution in [2.45, 2.75) is 45.6 Å². The molecule has 0 saturated heterocycles. The van der Waals surface area contributed by atoms with Gasteiger partial charge in [0.05, 0.1) is 5.56 Å². The highest BCUT2D eigenvalue weighted by molar-refractivity contribution is 9.10. The predicted molar refractivity (Wildman–Crippen MR) is 84.7 cm³/mol. The summed E-state index contributed by atoms with van der Waals surface area (Å²) in [5.74, 6) is 2.50. The van der Waals surface area contributed by atoms with Crippen LogP contribution in [0, 0.1) is 24.7 Å². The van der Waals surface area contributed by atoms with Crippen LogP contribution in [0.25, 0.3) is 0 Å². The highest BCUT2D eigenvalue weighted by Gasteiger charge is 2.42. The number of aryl methyl sites for hydroxylation is 1. The minimum absolute atomic E-state index is 0.0483. The van der Waals surface area contributed by atoms with Gasteiger partial charge in [-0.25, -0.2) is 0 Å². The van der Waals surface area contributed by atoms with E-state index in [0.29, 0.717) is 5.92 Å². The highest BCUT2D eigenvalue weighted by atomic mass is 79.9. The SMILES string of the molecule is Cc1ccc(C(=O)NC(C)C2CC3CCC2C3)c(Br)c1. The van der Waals surface area contributed by atoms with Gasteiger partial charge in [-0.15, -0.1) is 0 Å². The van der Waals surface area contributed by atoms with Crippen LogP contribution in [0.2, 0.25) is 0 Å². The summed E-state index contributed by atoms with van der Waals surface area (Å²) in [5.41, 5.74) is 1.90. The number of nitrogens with one attached hydrogen (secondary N) is 1. The Morgan fingerprint density at radius 2 is 2.15 bits per heavy atom. The van der Waals surface area contributed by atoms with Crippen LogP contribution in [0.15, 0.2) is 22.7 Å². The molecule has 0 spiro atoms. The average Bonchev–Trinajstić information content (AvgIpc) is 3.00. The van der Waals surface area contributed by atoms with Crippen molar-refractivity contribution in [2.75, 3.05) is 0 Å². The molecular formula is C17H22BrNO. The summed E-state index contributed by atoms with van der Waals surface area (Å²) in [5, 5.41) is 3.21. The maximum absolute atomic E-state index is 12.4. The first kappa shape index (κ1) is 14.1. The number of benzene rings is 1. The van der Waals surface area contributed by atoms with Gasteiger partial charge >= 0.3 is 0 Å². The fraction of sp³-hybridized carbons (Fsp3) is 0.588. The van der Waals surface area contributed by atoms with Gasteiger partial charge in [-0.1, -0.05) is 12.5 Å². The first-order valence-electron chi connectivity index (χ1n) is 7.61. The molecule has 0 radical (unpaired) electrons. The number of amides is 1. The zero-order chi connectivity index (χ0) is 14.3. The van der Waals surface area contributed by atoms with Crippen molar-refractivity contribution in [1.82, 2.24) is 5.32 Å².